The normalized spacial score (nSPS) is 25.9. The van der Waals surface area contributed by atoms with Crippen LogP contribution in [0.15, 0.2) is 0 Å². The van der Waals surface area contributed by atoms with E-state index in [4.69, 9.17) is 0 Å². The second-order valence-corrected chi connectivity index (χ2v) is 2.54. The van der Waals surface area contributed by atoms with Crippen LogP contribution < -0.4 is 5.32 Å². The Bertz CT molecular complexity index is 119. The Morgan fingerprint density at radius 1 is 1.45 bits per heavy atom. The fourth-order valence-electron chi connectivity index (χ4n) is 0.983. The molecule has 0 amide bonds. The number of halogens is 3. The van der Waals surface area contributed by atoms with E-state index in [-0.39, 0.29) is 6.10 Å². The first kappa shape index (κ1) is 8.80. The number of hydrogen-bond acceptors (Lipinski definition) is 2. The van der Waals surface area contributed by atoms with Crippen molar-refractivity contribution in [1.82, 2.24) is 5.32 Å². The molecule has 5 heteroatoms. The summed E-state index contributed by atoms with van der Waals surface area (Å²) >= 11 is 0. The summed E-state index contributed by atoms with van der Waals surface area (Å²) in [6.07, 6.45) is -3.77. The van der Waals surface area contributed by atoms with Gasteiger partial charge in [-0.15, -0.1) is 0 Å². The zero-order valence-electron chi connectivity index (χ0n) is 5.95. The van der Waals surface area contributed by atoms with Crippen LogP contribution >= 0.6 is 0 Å². The maximum absolute atomic E-state index is 11.6. The van der Waals surface area contributed by atoms with Crippen LogP contribution in [0.25, 0.3) is 0 Å². The fraction of sp³-hybridized carbons (Fsp3) is 1.00. The van der Waals surface area contributed by atoms with Gasteiger partial charge in [-0.25, -0.2) is 0 Å². The van der Waals surface area contributed by atoms with E-state index in [1.165, 1.54) is 0 Å². The van der Waals surface area contributed by atoms with Gasteiger partial charge in [0.25, 0.3) is 0 Å². The van der Waals surface area contributed by atoms with E-state index >= 15 is 0 Å². The molecule has 2 nitrogen and oxygen atoms in total. The molecule has 1 aliphatic heterocycles. The molecule has 0 aromatic rings. The zero-order chi connectivity index (χ0) is 8.32. The van der Waals surface area contributed by atoms with Gasteiger partial charge in [0.15, 0.2) is 0 Å². The van der Waals surface area contributed by atoms with Crippen LogP contribution in [-0.2, 0) is 4.74 Å². The van der Waals surface area contributed by atoms with Gasteiger partial charge in [-0.05, 0) is 13.0 Å². The SMILES string of the molecule is FC(F)(F)COC1CCNC1. The molecule has 0 spiro atoms. The first-order chi connectivity index (χ1) is 5.08. The Labute approximate surface area is 62.7 Å². The molecule has 1 heterocycles. The Hall–Kier alpha value is -0.290. The summed E-state index contributed by atoms with van der Waals surface area (Å²) in [6.45, 7) is 0.165. The summed E-state index contributed by atoms with van der Waals surface area (Å²) in [7, 11) is 0. The standard InChI is InChI=1S/C6H10F3NO/c7-6(8,9)4-11-5-1-2-10-3-5/h5,10H,1-4H2. The second-order valence-electron chi connectivity index (χ2n) is 2.54. The topological polar surface area (TPSA) is 21.3 Å². The third kappa shape index (κ3) is 3.57. The minimum absolute atomic E-state index is 0.253. The Morgan fingerprint density at radius 2 is 2.18 bits per heavy atom. The monoisotopic (exact) mass is 169 g/mol. The fourth-order valence-corrected chi connectivity index (χ4v) is 0.983. The van der Waals surface area contributed by atoms with Crippen molar-refractivity contribution in [3.63, 3.8) is 0 Å². The summed E-state index contributed by atoms with van der Waals surface area (Å²) in [5.41, 5.74) is 0. The first-order valence-corrected chi connectivity index (χ1v) is 3.47. The van der Waals surface area contributed by atoms with Gasteiger partial charge in [0.2, 0.25) is 0 Å². The number of rotatable bonds is 2. The molecular weight excluding hydrogens is 159 g/mol. The Balaban J connectivity index is 2.11. The molecule has 0 aromatic heterocycles. The van der Waals surface area contributed by atoms with Crippen molar-refractivity contribution in [3.8, 4) is 0 Å². The maximum Gasteiger partial charge on any atom is 0.411 e. The molecule has 1 N–H and O–H groups in total. The minimum atomic E-state index is -4.19. The molecule has 0 aliphatic carbocycles. The van der Waals surface area contributed by atoms with Crippen LogP contribution in [0.2, 0.25) is 0 Å². The highest BCUT2D eigenvalue weighted by molar-refractivity contribution is 4.71. The Kier molecular flexibility index (Phi) is 2.72. The lowest BCUT2D eigenvalue weighted by atomic mass is 10.3. The summed E-state index contributed by atoms with van der Waals surface area (Å²) in [5, 5.41) is 2.92. The molecule has 0 radical (unpaired) electrons. The number of nitrogens with one attached hydrogen (secondary N) is 1. The molecule has 1 saturated heterocycles. The van der Waals surface area contributed by atoms with Crippen molar-refractivity contribution >= 4 is 0 Å². The maximum atomic E-state index is 11.6. The third-order valence-electron chi connectivity index (χ3n) is 1.50. The van der Waals surface area contributed by atoms with E-state index in [1.807, 2.05) is 0 Å². The molecule has 1 fully saturated rings. The van der Waals surface area contributed by atoms with Gasteiger partial charge in [0, 0.05) is 6.54 Å². The van der Waals surface area contributed by atoms with Crippen LogP contribution in [0.5, 0.6) is 0 Å². The van der Waals surface area contributed by atoms with Gasteiger partial charge in [-0.2, -0.15) is 13.2 Å². The summed E-state index contributed by atoms with van der Waals surface area (Å²) < 4.78 is 39.3. The first-order valence-electron chi connectivity index (χ1n) is 3.47. The molecule has 1 rings (SSSR count). The van der Waals surface area contributed by atoms with Gasteiger partial charge in [0.05, 0.1) is 6.10 Å². The minimum Gasteiger partial charge on any atom is -0.367 e. The highest BCUT2D eigenvalue weighted by Gasteiger charge is 2.29. The summed E-state index contributed by atoms with van der Waals surface area (Å²) in [5.74, 6) is 0. The lowest BCUT2D eigenvalue weighted by Crippen LogP contribution is -2.24. The third-order valence-corrected chi connectivity index (χ3v) is 1.50. The van der Waals surface area contributed by atoms with Crippen LogP contribution in [0.3, 0.4) is 0 Å². The van der Waals surface area contributed by atoms with E-state index in [0.29, 0.717) is 13.0 Å². The second kappa shape index (κ2) is 3.40. The van der Waals surface area contributed by atoms with Gasteiger partial charge in [-0.1, -0.05) is 0 Å². The summed E-state index contributed by atoms with van der Waals surface area (Å²) in [6, 6.07) is 0. The van der Waals surface area contributed by atoms with Crippen molar-refractivity contribution in [3.05, 3.63) is 0 Å². The molecule has 1 unspecified atom stereocenters. The molecule has 11 heavy (non-hydrogen) atoms. The quantitative estimate of drug-likeness (QED) is 0.663. The van der Waals surface area contributed by atoms with Crippen LogP contribution in [0, 0.1) is 0 Å². The predicted octanol–water partition coefficient (Wildman–Crippen LogP) is 0.927. The zero-order valence-corrected chi connectivity index (χ0v) is 5.95. The van der Waals surface area contributed by atoms with Crippen molar-refractivity contribution in [2.24, 2.45) is 0 Å². The molecule has 0 saturated carbocycles. The summed E-state index contributed by atoms with van der Waals surface area (Å²) in [4.78, 5) is 0. The van der Waals surface area contributed by atoms with E-state index in [1.54, 1.807) is 0 Å². The lowest BCUT2D eigenvalue weighted by Gasteiger charge is -2.11. The van der Waals surface area contributed by atoms with Gasteiger partial charge in [-0.3, -0.25) is 0 Å². The highest BCUT2D eigenvalue weighted by atomic mass is 19.4. The van der Waals surface area contributed by atoms with Crippen molar-refractivity contribution in [2.45, 2.75) is 18.7 Å². The van der Waals surface area contributed by atoms with Crippen molar-refractivity contribution < 1.29 is 17.9 Å². The smallest absolute Gasteiger partial charge is 0.367 e. The van der Waals surface area contributed by atoms with Crippen molar-refractivity contribution in [1.29, 1.82) is 0 Å². The van der Waals surface area contributed by atoms with Crippen LogP contribution in [0.4, 0.5) is 13.2 Å². The highest BCUT2D eigenvalue weighted by Crippen LogP contribution is 2.16. The average molecular weight is 169 g/mol. The molecule has 1 aliphatic rings. The molecule has 0 bridgehead atoms. The van der Waals surface area contributed by atoms with E-state index < -0.39 is 12.8 Å². The largest absolute Gasteiger partial charge is 0.411 e. The average Bonchev–Trinajstić information content (AvgIpc) is 2.32. The lowest BCUT2D eigenvalue weighted by molar-refractivity contribution is -0.183. The predicted molar refractivity (Wildman–Crippen MR) is 33.3 cm³/mol. The van der Waals surface area contributed by atoms with E-state index in [9.17, 15) is 13.2 Å². The number of alkyl halides is 3. The van der Waals surface area contributed by atoms with Gasteiger partial charge < -0.3 is 10.1 Å². The van der Waals surface area contributed by atoms with Crippen molar-refractivity contribution in [2.75, 3.05) is 19.7 Å². The van der Waals surface area contributed by atoms with Gasteiger partial charge in [0.1, 0.15) is 6.61 Å². The molecule has 1 atom stereocenters. The number of ether oxygens (including phenoxy) is 1. The molecular formula is C6H10F3NO. The molecule has 66 valence electrons. The Morgan fingerprint density at radius 3 is 2.64 bits per heavy atom. The van der Waals surface area contributed by atoms with Crippen LogP contribution in [-0.4, -0.2) is 32.0 Å². The molecule has 0 aromatic carbocycles. The van der Waals surface area contributed by atoms with E-state index in [2.05, 4.69) is 10.1 Å². The number of hydrogen-bond donors (Lipinski definition) is 1. The van der Waals surface area contributed by atoms with Gasteiger partial charge >= 0.3 is 6.18 Å². The van der Waals surface area contributed by atoms with Crippen LogP contribution in [0.1, 0.15) is 6.42 Å². The van der Waals surface area contributed by atoms with E-state index in [0.717, 1.165) is 6.54 Å².